The lowest BCUT2D eigenvalue weighted by Gasteiger charge is -2.06. The number of aliphatic carboxylic acids is 1. The predicted molar refractivity (Wildman–Crippen MR) is 73.1 cm³/mol. The van der Waals surface area contributed by atoms with E-state index >= 15 is 0 Å². The molecule has 0 unspecified atom stereocenters. The number of hydrogen-bond donors (Lipinski definition) is 1. The third-order valence-corrected chi connectivity index (χ3v) is 3.43. The summed E-state index contributed by atoms with van der Waals surface area (Å²) < 4.78 is 5.55. The summed E-state index contributed by atoms with van der Waals surface area (Å²) in [6.45, 7) is 0.241. The maximum absolute atomic E-state index is 10.7. The van der Waals surface area contributed by atoms with Crippen LogP contribution >= 0.6 is 11.3 Å². The van der Waals surface area contributed by atoms with E-state index in [-0.39, 0.29) is 18.7 Å². The number of carboxylic acids is 1. The third-order valence-electron chi connectivity index (χ3n) is 2.57. The van der Waals surface area contributed by atoms with E-state index in [9.17, 15) is 14.9 Å². The monoisotopic (exact) mass is 293 g/mol. The number of nitro benzene ring substituents is 1. The number of rotatable bonds is 6. The van der Waals surface area contributed by atoms with Crippen molar-refractivity contribution in [3.05, 3.63) is 57.0 Å². The second kappa shape index (κ2) is 6.16. The molecule has 20 heavy (non-hydrogen) atoms. The van der Waals surface area contributed by atoms with E-state index in [0.717, 1.165) is 5.56 Å². The maximum atomic E-state index is 10.7. The highest BCUT2D eigenvalue weighted by Gasteiger charge is 2.10. The summed E-state index contributed by atoms with van der Waals surface area (Å²) in [6, 6.07) is 7.76. The molecule has 1 aromatic carbocycles. The van der Waals surface area contributed by atoms with Crippen LogP contribution in [0.3, 0.4) is 0 Å². The number of benzene rings is 1. The number of carboxylic acid groups (broad SMARTS) is 1. The summed E-state index contributed by atoms with van der Waals surface area (Å²) in [5, 5.41) is 21.6. The number of nitrogens with zero attached hydrogens (tertiary/aromatic N) is 1. The molecule has 6 nitrogen and oxygen atoms in total. The number of carbonyl (C=O) groups is 1. The van der Waals surface area contributed by atoms with Gasteiger partial charge in [0.1, 0.15) is 6.61 Å². The van der Waals surface area contributed by atoms with Gasteiger partial charge in [0.2, 0.25) is 0 Å². The zero-order chi connectivity index (χ0) is 14.5. The molecule has 0 saturated heterocycles. The van der Waals surface area contributed by atoms with Crippen molar-refractivity contribution in [3.63, 3.8) is 0 Å². The lowest BCUT2D eigenvalue weighted by Crippen LogP contribution is -2.02. The van der Waals surface area contributed by atoms with Crippen LogP contribution in [0.2, 0.25) is 0 Å². The quantitative estimate of drug-likeness (QED) is 0.653. The highest BCUT2D eigenvalue weighted by molar-refractivity contribution is 7.12. The number of non-ortho nitro benzene ring substituents is 1. The first-order valence-corrected chi connectivity index (χ1v) is 6.58. The van der Waals surface area contributed by atoms with Gasteiger partial charge in [0.15, 0.2) is 5.06 Å². The Bertz CT molecular complexity index is 620. The second-order valence-corrected chi connectivity index (χ2v) is 4.89. The van der Waals surface area contributed by atoms with Crippen LogP contribution in [-0.2, 0) is 17.8 Å². The predicted octanol–water partition coefficient (Wildman–Crippen LogP) is 2.86. The van der Waals surface area contributed by atoms with Crippen LogP contribution in [0, 0.1) is 10.1 Å². The molecule has 0 bridgehead atoms. The molecule has 2 rings (SSSR count). The Morgan fingerprint density at radius 2 is 2.00 bits per heavy atom. The summed E-state index contributed by atoms with van der Waals surface area (Å²) in [5.41, 5.74) is 1.44. The van der Waals surface area contributed by atoms with E-state index in [1.807, 2.05) is 0 Å². The van der Waals surface area contributed by atoms with Crippen LogP contribution < -0.4 is 4.74 Å². The fraction of sp³-hybridized carbons (Fsp3) is 0.154. The van der Waals surface area contributed by atoms with Gasteiger partial charge in [0.05, 0.1) is 11.3 Å². The smallest absolute Gasteiger partial charge is 0.307 e. The van der Waals surface area contributed by atoms with Gasteiger partial charge in [0, 0.05) is 17.7 Å². The summed E-state index contributed by atoms with van der Waals surface area (Å²) >= 11 is 1.33. The van der Waals surface area contributed by atoms with Gasteiger partial charge in [-0.2, -0.15) is 0 Å². The Kier molecular flexibility index (Phi) is 4.31. The Labute approximate surface area is 118 Å². The van der Waals surface area contributed by atoms with Crippen LogP contribution in [0.25, 0.3) is 0 Å². The van der Waals surface area contributed by atoms with Gasteiger partial charge < -0.3 is 9.84 Å². The second-order valence-electron chi connectivity index (χ2n) is 4.02. The van der Waals surface area contributed by atoms with E-state index in [4.69, 9.17) is 9.84 Å². The molecule has 0 fully saturated rings. The Morgan fingerprint density at radius 1 is 1.30 bits per heavy atom. The summed E-state index contributed by atoms with van der Waals surface area (Å²) in [5.74, 6) is -0.913. The van der Waals surface area contributed by atoms with E-state index in [2.05, 4.69) is 0 Å². The van der Waals surface area contributed by atoms with Gasteiger partial charge in [0.25, 0.3) is 5.69 Å². The number of thiophene rings is 1. The molecular weight excluding hydrogens is 282 g/mol. The minimum Gasteiger partial charge on any atom is -0.481 e. The normalized spacial score (nSPS) is 10.2. The van der Waals surface area contributed by atoms with E-state index < -0.39 is 10.9 Å². The lowest BCUT2D eigenvalue weighted by molar-refractivity contribution is -0.384. The van der Waals surface area contributed by atoms with Crippen molar-refractivity contribution in [1.82, 2.24) is 0 Å². The fourth-order valence-electron chi connectivity index (χ4n) is 1.61. The Balaban J connectivity index is 2.00. The number of nitro groups is 1. The van der Waals surface area contributed by atoms with Crippen LogP contribution in [0.5, 0.6) is 5.06 Å². The van der Waals surface area contributed by atoms with E-state index in [0.29, 0.717) is 10.6 Å². The van der Waals surface area contributed by atoms with Crippen LogP contribution in [0.4, 0.5) is 5.69 Å². The van der Waals surface area contributed by atoms with Gasteiger partial charge in [-0.05, 0) is 29.1 Å². The first kappa shape index (κ1) is 14.0. The molecule has 2 aromatic rings. The molecule has 1 aromatic heterocycles. The molecule has 0 amide bonds. The zero-order valence-corrected chi connectivity index (χ0v) is 11.1. The molecule has 104 valence electrons. The first-order chi connectivity index (χ1) is 9.56. The summed E-state index contributed by atoms with van der Waals surface area (Å²) in [4.78, 5) is 20.7. The average molecular weight is 293 g/mol. The standard InChI is InChI=1S/C13H11NO5S/c15-12(16)7-10-5-6-20-13(10)19-8-9-1-3-11(4-2-9)14(17)18/h1-6H,7-8H2,(H,15,16). The molecule has 7 heteroatoms. The van der Waals surface area contributed by atoms with Crippen LogP contribution in [-0.4, -0.2) is 16.0 Å². The molecule has 0 saturated carbocycles. The Morgan fingerprint density at radius 3 is 2.60 bits per heavy atom. The Hall–Kier alpha value is -2.41. The molecule has 0 aliphatic rings. The van der Waals surface area contributed by atoms with E-state index in [1.165, 1.54) is 23.5 Å². The summed E-state index contributed by atoms with van der Waals surface area (Å²) in [6.07, 6.45) is -0.0842. The van der Waals surface area contributed by atoms with Gasteiger partial charge in [-0.3, -0.25) is 14.9 Å². The third kappa shape index (κ3) is 3.55. The highest BCUT2D eigenvalue weighted by Crippen LogP contribution is 2.27. The molecule has 0 atom stereocenters. The van der Waals surface area contributed by atoms with Crippen molar-refractivity contribution in [2.75, 3.05) is 0 Å². The van der Waals surface area contributed by atoms with Crippen LogP contribution in [0.15, 0.2) is 35.7 Å². The molecular formula is C13H11NO5S. The number of hydrogen-bond acceptors (Lipinski definition) is 5. The van der Waals surface area contributed by atoms with Crippen molar-refractivity contribution < 1.29 is 19.6 Å². The average Bonchev–Trinajstić information content (AvgIpc) is 2.83. The molecule has 0 spiro atoms. The molecule has 1 heterocycles. The van der Waals surface area contributed by atoms with E-state index in [1.54, 1.807) is 23.6 Å². The number of ether oxygens (including phenoxy) is 1. The minimum atomic E-state index is -0.913. The van der Waals surface area contributed by atoms with Gasteiger partial charge >= 0.3 is 5.97 Å². The van der Waals surface area contributed by atoms with Crippen molar-refractivity contribution in [2.45, 2.75) is 13.0 Å². The lowest BCUT2D eigenvalue weighted by atomic mass is 10.2. The minimum absolute atomic E-state index is 0.0245. The topological polar surface area (TPSA) is 89.7 Å². The van der Waals surface area contributed by atoms with Crippen molar-refractivity contribution in [3.8, 4) is 5.06 Å². The highest BCUT2D eigenvalue weighted by atomic mass is 32.1. The largest absolute Gasteiger partial charge is 0.481 e. The van der Waals surface area contributed by atoms with Crippen LogP contribution in [0.1, 0.15) is 11.1 Å². The molecule has 1 N–H and O–H groups in total. The fourth-order valence-corrected chi connectivity index (χ4v) is 2.38. The summed E-state index contributed by atoms with van der Waals surface area (Å²) in [7, 11) is 0. The van der Waals surface area contributed by atoms with Crippen molar-refractivity contribution in [2.24, 2.45) is 0 Å². The molecule has 0 aliphatic heterocycles. The van der Waals surface area contributed by atoms with Gasteiger partial charge in [-0.25, -0.2) is 0 Å². The molecule has 0 radical (unpaired) electrons. The van der Waals surface area contributed by atoms with Crippen molar-refractivity contribution >= 4 is 23.0 Å². The molecule has 0 aliphatic carbocycles. The van der Waals surface area contributed by atoms with Gasteiger partial charge in [-0.15, -0.1) is 11.3 Å². The maximum Gasteiger partial charge on any atom is 0.307 e. The zero-order valence-electron chi connectivity index (χ0n) is 10.3. The van der Waals surface area contributed by atoms with Gasteiger partial charge in [-0.1, -0.05) is 0 Å². The first-order valence-electron chi connectivity index (χ1n) is 5.70. The van der Waals surface area contributed by atoms with Crippen molar-refractivity contribution in [1.29, 1.82) is 0 Å². The SMILES string of the molecule is O=C(O)Cc1ccsc1OCc1ccc([N+](=O)[O-])cc1.